The van der Waals surface area contributed by atoms with Crippen molar-refractivity contribution >= 4 is 29.0 Å². The van der Waals surface area contributed by atoms with Crippen LogP contribution in [0.5, 0.6) is 0 Å². The Labute approximate surface area is 138 Å². The summed E-state index contributed by atoms with van der Waals surface area (Å²) >= 11 is 0.909. The molecule has 0 saturated heterocycles. The highest BCUT2D eigenvalue weighted by Gasteiger charge is 2.23. The van der Waals surface area contributed by atoms with E-state index in [0.717, 1.165) is 17.2 Å². The van der Waals surface area contributed by atoms with Crippen molar-refractivity contribution in [2.75, 3.05) is 5.73 Å². The Morgan fingerprint density at radius 1 is 1.17 bits per heavy atom. The molecule has 122 valence electrons. The van der Waals surface area contributed by atoms with Gasteiger partial charge in [0.25, 0.3) is 11.8 Å². The fourth-order valence-corrected chi connectivity index (χ4v) is 2.62. The van der Waals surface area contributed by atoms with Gasteiger partial charge in [-0.15, -0.1) is 0 Å². The summed E-state index contributed by atoms with van der Waals surface area (Å²) in [7, 11) is 0. The highest BCUT2D eigenvalue weighted by atomic mass is 32.1. The maximum absolute atomic E-state index is 12.3. The third kappa shape index (κ3) is 4.04. The van der Waals surface area contributed by atoms with Crippen LogP contribution in [-0.2, 0) is 0 Å². The molecule has 0 unspecified atom stereocenters. The van der Waals surface area contributed by atoms with E-state index in [1.165, 1.54) is 0 Å². The quantitative estimate of drug-likeness (QED) is 0.772. The molecule has 0 bridgehead atoms. The smallest absolute Gasteiger partial charge is 0.273 e. The van der Waals surface area contributed by atoms with E-state index in [1.807, 2.05) is 32.9 Å². The Bertz CT molecular complexity index is 699. The minimum atomic E-state index is -0.384. The van der Waals surface area contributed by atoms with E-state index in [2.05, 4.69) is 20.0 Å². The van der Waals surface area contributed by atoms with Gasteiger partial charge in [0.05, 0.1) is 17.4 Å². The molecule has 0 aromatic carbocycles. The minimum Gasteiger partial charge on any atom is -0.395 e. The van der Waals surface area contributed by atoms with Crippen molar-refractivity contribution < 1.29 is 9.59 Å². The molecule has 2 amide bonds. The maximum Gasteiger partial charge on any atom is 0.273 e. The first-order valence-corrected chi connectivity index (χ1v) is 7.95. The van der Waals surface area contributed by atoms with Gasteiger partial charge in [0.15, 0.2) is 5.69 Å². The summed E-state index contributed by atoms with van der Waals surface area (Å²) in [4.78, 5) is 28.7. The van der Waals surface area contributed by atoms with E-state index in [-0.39, 0.29) is 40.2 Å². The maximum atomic E-state index is 12.3. The number of hydrogen-bond donors (Lipinski definition) is 3. The average Bonchev–Trinajstić information content (AvgIpc) is 2.89. The molecule has 2 aromatic heterocycles. The lowest BCUT2D eigenvalue weighted by Gasteiger charge is -2.12. The first-order chi connectivity index (χ1) is 10.9. The Kier molecular flexibility index (Phi) is 5.28. The molecule has 7 nitrogen and oxygen atoms in total. The molecule has 0 fully saturated rings. The number of amides is 2. The third-order valence-corrected chi connectivity index (χ3v) is 3.91. The topological polar surface area (TPSA) is 110 Å². The first kappa shape index (κ1) is 16.9. The van der Waals surface area contributed by atoms with E-state index in [9.17, 15) is 9.59 Å². The fourth-order valence-electron chi connectivity index (χ4n) is 1.92. The number of carbonyl (C=O) groups excluding carboxylic acids is 2. The minimum absolute atomic E-state index is 0.0370. The lowest BCUT2D eigenvalue weighted by atomic mass is 10.2. The van der Waals surface area contributed by atoms with Crippen molar-refractivity contribution in [2.45, 2.75) is 32.9 Å². The SMILES string of the molecule is CC(C)NC(=O)c1nsc(C(=O)N[C@H](C)c2ccccn2)c1N. The molecule has 0 aliphatic carbocycles. The number of hydrogen-bond acceptors (Lipinski definition) is 6. The summed E-state index contributed by atoms with van der Waals surface area (Å²) in [6.45, 7) is 5.50. The number of carbonyl (C=O) groups is 2. The van der Waals surface area contributed by atoms with Crippen LogP contribution in [-0.4, -0.2) is 27.2 Å². The van der Waals surface area contributed by atoms with Gasteiger partial charge < -0.3 is 16.4 Å². The Balaban J connectivity index is 2.11. The molecule has 0 spiro atoms. The van der Waals surface area contributed by atoms with Gasteiger partial charge in [-0.2, -0.15) is 4.37 Å². The second kappa shape index (κ2) is 7.19. The van der Waals surface area contributed by atoms with Gasteiger partial charge in [0, 0.05) is 12.2 Å². The molecule has 0 aliphatic rings. The van der Waals surface area contributed by atoms with Gasteiger partial charge in [-0.05, 0) is 44.4 Å². The summed E-state index contributed by atoms with van der Waals surface area (Å²) in [6, 6.07) is 5.16. The second-order valence-electron chi connectivity index (χ2n) is 5.35. The third-order valence-electron chi connectivity index (χ3n) is 3.05. The zero-order valence-corrected chi connectivity index (χ0v) is 14.0. The normalized spacial score (nSPS) is 12.0. The van der Waals surface area contributed by atoms with Crippen molar-refractivity contribution in [1.82, 2.24) is 20.0 Å². The molecule has 4 N–H and O–H groups in total. The van der Waals surface area contributed by atoms with E-state index in [0.29, 0.717) is 0 Å². The highest BCUT2D eigenvalue weighted by Crippen LogP contribution is 2.22. The molecule has 2 heterocycles. The van der Waals surface area contributed by atoms with Crippen LogP contribution < -0.4 is 16.4 Å². The number of nitrogens with two attached hydrogens (primary N) is 1. The molecule has 2 rings (SSSR count). The van der Waals surface area contributed by atoms with Crippen molar-refractivity contribution in [1.29, 1.82) is 0 Å². The molecule has 23 heavy (non-hydrogen) atoms. The van der Waals surface area contributed by atoms with Crippen molar-refractivity contribution in [3.05, 3.63) is 40.7 Å². The van der Waals surface area contributed by atoms with Crippen molar-refractivity contribution in [3.63, 3.8) is 0 Å². The second-order valence-corrected chi connectivity index (χ2v) is 6.13. The summed E-state index contributed by atoms with van der Waals surface area (Å²) < 4.78 is 4.00. The lowest BCUT2D eigenvalue weighted by Crippen LogP contribution is -2.31. The summed E-state index contributed by atoms with van der Waals surface area (Å²) in [5.74, 6) is -0.757. The number of anilines is 1. The molecular weight excluding hydrogens is 314 g/mol. The average molecular weight is 333 g/mol. The van der Waals surface area contributed by atoms with Crippen LogP contribution >= 0.6 is 11.5 Å². The number of aromatic nitrogens is 2. The number of rotatable bonds is 5. The van der Waals surface area contributed by atoms with Crippen molar-refractivity contribution in [3.8, 4) is 0 Å². The zero-order valence-electron chi connectivity index (χ0n) is 13.2. The van der Waals surface area contributed by atoms with Crippen LogP contribution in [0.4, 0.5) is 5.69 Å². The van der Waals surface area contributed by atoms with Gasteiger partial charge in [-0.1, -0.05) is 6.07 Å². The number of nitrogen functional groups attached to an aromatic ring is 1. The number of pyridine rings is 1. The molecule has 0 saturated carbocycles. The Hall–Kier alpha value is -2.48. The summed E-state index contributed by atoms with van der Waals surface area (Å²) in [6.07, 6.45) is 1.66. The van der Waals surface area contributed by atoms with Crippen LogP contribution in [0.15, 0.2) is 24.4 Å². The summed E-state index contributed by atoms with van der Waals surface area (Å²) in [5.41, 5.74) is 6.82. The fraction of sp³-hybridized carbons (Fsp3) is 0.333. The van der Waals surface area contributed by atoms with Crippen molar-refractivity contribution in [2.24, 2.45) is 0 Å². The van der Waals surface area contributed by atoms with Gasteiger partial charge in [0.1, 0.15) is 4.88 Å². The van der Waals surface area contributed by atoms with Gasteiger partial charge in [-0.3, -0.25) is 14.6 Å². The monoisotopic (exact) mass is 333 g/mol. The molecule has 8 heteroatoms. The van der Waals surface area contributed by atoms with Crippen LogP contribution in [0, 0.1) is 0 Å². The number of nitrogens with one attached hydrogen (secondary N) is 2. The van der Waals surface area contributed by atoms with E-state index < -0.39 is 0 Å². The Morgan fingerprint density at radius 2 is 1.91 bits per heavy atom. The molecule has 0 aliphatic heterocycles. The van der Waals surface area contributed by atoms with Gasteiger partial charge in [0.2, 0.25) is 0 Å². The predicted molar refractivity (Wildman–Crippen MR) is 89.2 cm³/mol. The van der Waals surface area contributed by atoms with Gasteiger partial charge >= 0.3 is 0 Å². The van der Waals surface area contributed by atoms with Crippen LogP contribution in [0.1, 0.15) is 52.7 Å². The van der Waals surface area contributed by atoms with Crippen LogP contribution in [0.2, 0.25) is 0 Å². The molecule has 2 aromatic rings. The summed E-state index contributed by atoms with van der Waals surface area (Å²) in [5, 5.41) is 5.51. The molecular formula is C15H19N5O2S. The standard InChI is InChI=1S/C15H19N5O2S/c1-8(2)18-14(21)12-11(16)13(23-20-12)15(22)19-9(3)10-6-4-5-7-17-10/h4-9H,16H2,1-3H3,(H,18,21)(H,19,22)/t9-/m1/s1. The lowest BCUT2D eigenvalue weighted by molar-refractivity contribution is 0.0938. The zero-order chi connectivity index (χ0) is 17.0. The highest BCUT2D eigenvalue weighted by molar-refractivity contribution is 7.09. The molecule has 0 radical (unpaired) electrons. The Morgan fingerprint density at radius 3 is 2.52 bits per heavy atom. The largest absolute Gasteiger partial charge is 0.395 e. The first-order valence-electron chi connectivity index (χ1n) is 7.18. The van der Waals surface area contributed by atoms with E-state index >= 15 is 0 Å². The van der Waals surface area contributed by atoms with Crippen LogP contribution in [0.3, 0.4) is 0 Å². The molecule has 1 atom stereocenters. The van der Waals surface area contributed by atoms with E-state index in [4.69, 9.17) is 5.73 Å². The van der Waals surface area contributed by atoms with E-state index in [1.54, 1.807) is 12.3 Å². The van der Waals surface area contributed by atoms with Gasteiger partial charge in [-0.25, -0.2) is 0 Å². The van der Waals surface area contributed by atoms with Crippen LogP contribution in [0.25, 0.3) is 0 Å². The number of nitrogens with zero attached hydrogens (tertiary/aromatic N) is 2. The predicted octanol–water partition coefficient (Wildman–Crippen LogP) is 1.75.